The van der Waals surface area contributed by atoms with Gasteiger partial charge < -0.3 is 30.3 Å². The summed E-state index contributed by atoms with van der Waals surface area (Å²) in [5.41, 5.74) is 0.438. The number of benzene rings is 1. The molecule has 8 nitrogen and oxygen atoms in total. The number of alkyl carbamates (subject to hydrolysis) is 1. The fourth-order valence-electron chi connectivity index (χ4n) is 3.59. The minimum atomic E-state index is -0.552. The van der Waals surface area contributed by atoms with E-state index in [2.05, 4.69) is 27.8 Å². The average molecular weight is 448 g/mol. The molecular formula is C24H41N5O3. The average Bonchev–Trinajstić information content (AvgIpc) is 2.75. The second-order valence-electron chi connectivity index (χ2n) is 9.08. The van der Waals surface area contributed by atoms with Crippen molar-refractivity contribution in [2.75, 3.05) is 46.4 Å². The Morgan fingerprint density at radius 2 is 1.91 bits per heavy atom. The van der Waals surface area contributed by atoms with Crippen LogP contribution >= 0.6 is 0 Å². The van der Waals surface area contributed by atoms with Gasteiger partial charge in [-0.05, 0) is 46.1 Å². The van der Waals surface area contributed by atoms with Gasteiger partial charge >= 0.3 is 6.09 Å². The number of carbonyl (C=O) groups excluding carboxylic acids is 1. The summed E-state index contributed by atoms with van der Waals surface area (Å²) in [4.78, 5) is 19.6. The highest BCUT2D eigenvalue weighted by Crippen LogP contribution is 2.15. The molecule has 0 aliphatic carbocycles. The number of rotatable bonds is 9. The predicted molar refractivity (Wildman–Crippen MR) is 129 cm³/mol. The number of aliphatic imine (C=N–C) groups is 1. The molecule has 1 atom stereocenters. The Labute approximate surface area is 193 Å². The first-order valence-electron chi connectivity index (χ1n) is 11.6. The largest absolute Gasteiger partial charge is 0.444 e. The lowest BCUT2D eigenvalue weighted by atomic mass is 10.1. The number of likely N-dealkylation sites (tertiary alicyclic amines) is 1. The maximum atomic E-state index is 12.4. The molecule has 1 unspecified atom stereocenters. The third-order valence-electron chi connectivity index (χ3n) is 5.21. The number of piperidine rings is 1. The van der Waals surface area contributed by atoms with Gasteiger partial charge in [0.05, 0.1) is 19.2 Å². The monoisotopic (exact) mass is 447 g/mol. The summed E-state index contributed by atoms with van der Waals surface area (Å²) in [5, 5.41) is 9.88. The molecule has 8 heteroatoms. The first-order chi connectivity index (χ1) is 15.3. The molecule has 1 fully saturated rings. The number of carbonyl (C=O) groups is 1. The van der Waals surface area contributed by atoms with E-state index in [4.69, 9.17) is 14.5 Å². The minimum absolute atomic E-state index is 0.280. The molecule has 1 saturated heterocycles. The van der Waals surface area contributed by atoms with Gasteiger partial charge in [0.25, 0.3) is 0 Å². The number of hydrogen-bond acceptors (Lipinski definition) is 5. The molecule has 180 valence electrons. The van der Waals surface area contributed by atoms with Crippen LogP contribution in [0.25, 0.3) is 0 Å². The summed E-state index contributed by atoms with van der Waals surface area (Å²) in [7, 11) is 1.74. The second kappa shape index (κ2) is 13.3. The van der Waals surface area contributed by atoms with Crippen molar-refractivity contribution in [3.05, 3.63) is 35.9 Å². The van der Waals surface area contributed by atoms with E-state index in [9.17, 15) is 4.79 Å². The van der Waals surface area contributed by atoms with Crippen LogP contribution in [-0.2, 0) is 9.47 Å². The molecule has 1 heterocycles. The van der Waals surface area contributed by atoms with Gasteiger partial charge in [-0.15, -0.1) is 0 Å². The van der Waals surface area contributed by atoms with Crippen LogP contribution in [0, 0.1) is 0 Å². The molecule has 1 aliphatic rings. The Balaban J connectivity index is 2.00. The maximum absolute atomic E-state index is 12.4. The number of ether oxygens (including phenoxy) is 2. The van der Waals surface area contributed by atoms with Crippen molar-refractivity contribution in [3.8, 4) is 0 Å². The highest BCUT2D eigenvalue weighted by atomic mass is 16.6. The third kappa shape index (κ3) is 9.87. The van der Waals surface area contributed by atoms with Gasteiger partial charge in [0.1, 0.15) is 5.60 Å². The third-order valence-corrected chi connectivity index (χ3v) is 5.21. The molecule has 0 aromatic heterocycles. The smallest absolute Gasteiger partial charge is 0.408 e. The summed E-state index contributed by atoms with van der Waals surface area (Å²) in [6.07, 6.45) is 1.68. The minimum Gasteiger partial charge on any atom is -0.444 e. The van der Waals surface area contributed by atoms with Gasteiger partial charge in [0.2, 0.25) is 0 Å². The van der Waals surface area contributed by atoms with E-state index in [0.717, 1.165) is 57.2 Å². The first kappa shape index (κ1) is 25.9. The zero-order valence-corrected chi connectivity index (χ0v) is 20.3. The summed E-state index contributed by atoms with van der Waals surface area (Å²) >= 11 is 0. The number of hydrogen-bond donors (Lipinski definition) is 3. The van der Waals surface area contributed by atoms with Gasteiger partial charge in [-0.2, -0.15) is 0 Å². The molecule has 1 aromatic rings. The van der Waals surface area contributed by atoms with Crippen LogP contribution in [0.3, 0.4) is 0 Å². The standard InChI is InChI=1S/C24H41N5O3/c1-6-25-22(27-20-12-14-29(15-13-20)16-17-31-5)26-18-21(19-10-8-7-9-11-19)28-23(30)32-24(2,3)4/h7-11,20-21H,6,12-18H2,1-5H3,(H,28,30)(H2,25,26,27). The fourth-order valence-corrected chi connectivity index (χ4v) is 3.59. The molecule has 1 aromatic carbocycles. The van der Waals surface area contributed by atoms with Crippen LogP contribution in [-0.4, -0.2) is 75.0 Å². The van der Waals surface area contributed by atoms with Gasteiger partial charge in [0, 0.05) is 39.3 Å². The zero-order chi connectivity index (χ0) is 23.4. The van der Waals surface area contributed by atoms with Crippen molar-refractivity contribution in [2.45, 2.75) is 58.2 Å². The molecule has 32 heavy (non-hydrogen) atoms. The number of amides is 1. The Hall–Kier alpha value is -2.32. The molecule has 1 amide bonds. The molecule has 1 aliphatic heterocycles. The molecule has 0 spiro atoms. The normalized spacial score (nSPS) is 17.0. The lowest BCUT2D eigenvalue weighted by Gasteiger charge is -2.33. The molecule has 2 rings (SSSR count). The SMILES string of the molecule is CCNC(=NCC(NC(=O)OC(C)(C)C)c1ccccc1)NC1CCN(CCOC)CC1. The van der Waals surface area contributed by atoms with Crippen LogP contribution in [0.5, 0.6) is 0 Å². The molecular weight excluding hydrogens is 406 g/mol. The van der Waals surface area contributed by atoms with Gasteiger partial charge in [-0.25, -0.2) is 4.79 Å². The van der Waals surface area contributed by atoms with Gasteiger partial charge in [0.15, 0.2) is 5.96 Å². The Morgan fingerprint density at radius 1 is 1.22 bits per heavy atom. The number of nitrogens with zero attached hydrogens (tertiary/aromatic N) is 2. The highest BCUT2D eigenvalue weighted by molar-refractivity contribution is 5.80. The Morgan fingerprint density at radius 3 is 2.50 bits per heavy atom. The van der Waals surface area contributed by atoms with Crippen LogP contribution in [0.2, 0.25) is 0 Å². The van der Waals surface area contributed by atoms with Crippen molar-refractivity contribution in [2.24, 2.45) is 4.99 Å². The van der Waals surface area contributed by atoms with Gasteiger partial charge in [-0.1, -0.05) is 30.3 Å². The Bertz CT molecular complexity index is 697. The van der Waals surface area contributed by atoms with E-state index < -0.39 is 11.7 Å². The first-order valence-corrected chi connectivity index (χ1v) is 11.6. The van der Waals surface area contributed by atoms with Crippen molar-refractivity contribution >= 4 is 12.1 Å². The summed E-state index contributed by atoms with van der Waals surface area (Å²) in [6, 6.07) is 9.97. The van der Waals surface area contributed by atoms with Crippen LogP contribution in [0.15, 0.2) is 35.3 Å². The maximum Gasteiger partial charge on any atom is 0.408 e. The summed E-state index contributed by atoms with van der Waals surface area (Å²) in [6.45, 7) is 12.7. The summed E-state index contributed by atoms with van der Waals surface area (Å²) in [5.74, 6) is 0.773. The molecule has 0 saturated carbocycles. The van der Waals surface area contributed by atoms with E-state index in [1.54, 1.807) is 7.11 Å². The van der Waals surface area contributed by atoms with E-state index in [0.29, 0.717) is 12.6 Å². The highest BCUT2D eigenvalue weighted by Gasteiger charge is 2.22. The van der Waals surface area contributed by atoms with E-state index >= 15 is 0 Å². The van der Waals surface area contributed by atoms with Crippen LogP contribution in [0.1, 0.15) is 52.1 Å². The topological polar surface area (TPSA) is 87.2 Å². The molecule has 3 N–H and O–H groups in total. The van der Waals surface area contributed by atoms with Crippen molar-refractivity contribution in [3.63, 3.8) is 0 Å². The van der Waals surface area contributed by atoms with E-state index in [1.165, 1.54) is 0 Å². The van der Waals surface area contributed by atoms with E-state index in [-0.39, 0.29) is 6.04 Å². The van der Waals surface area contributed by atoms with Crippen molar-refractivity contribution < 1.29 is 14.3 Å². The van der Waals surface area contributed by atoms with E-state index in [1.807, 2.05) is 51.1 Å². The lowest BCUT2D eigenvalue weighted by molar-refractivity contribution is 0.0505. The Kier molecular flexibility index (Phi) is 10.8. The number of methoxy groups -OCH3 is 1. The lowest BCUT2D eigenvalue weighted by Crippen LogP contribution is -2.49. The predicted octanol–water partition coefficient (Wildman–Crippen LogP) is 2.92. The van der Waals surface area contributed by atoms with Crippen molar-refractivity contribution in [1.82, 2.24) is 20.9 Å². The zero-order valence-electron chi connectivity index (χ0n) is 20.3. The summed E-state index contributed by atoms with van der Waals surface area (Å²) < 4.78 is 10.6. The molecule has 0 bridgehead atoms. The quantitative estimate of drug-likeness (QED) is 0.399. The number of nitrogens with one attached hydrogen (secondary N) is 3. The second-order valence-corrected chi connectivity index (χ2v) is 9.08. The van der Waals surface area contributed by atoms with Crippen LogP contribution < -0.4 is 16.0 Å². The van der Waals surface area contributed by atoms with Gasteiger partial charge in [-0.3, -0.25) is 4.99 Å². The molecule has 0 radical (unpaired) electrons. The number of guanidine groups is 1. The van der Waals surface area contributed by atoms with Crippen LogP contribution in [0.4, 0.5) is 4.79 Å². The van der Waals surface area contributed by atoms with Crippen molar-refractivity contribution in [1.29, 1.82) is 0 Å². The fraction of sp³-hybridized carbons (Fsp3) is 0.667.